The van der Waals surface area contributed by atoms with Gasteiger partial charge in [0.1, 0.15) is 19.0 Å². The zero-order chi connectivity index (χ0) is 9.64. The summed E-state index contributed by atoms with van der Waals surface area (Å²) in [6, 6.07) is 0. The van der Waals surface area contributed by atoms with Crippen LogP contribution in [0.2, 0.25) is 0 Å². The minimum absolute atomic E-state index is 0.317. The van der Waals surface area contributed by atoms with Gasteiger partial charge in [0.25, 0.3) is 0 Å². The molecule has 1 aromatic heterocycles. The predicted octanol–water partition coefficient (Wildman–Crippen LogP) is -0.107. The molecule has 1 aromatic rings. The van der Waals surface area contributed by atoms with Crippen LogP contribution in [0.3, 0.4) is 0 Å². The van der Waals surface area contributed by atoms with Gasteiger partial charge < -0.3 is 9.63 Å². The zero-order valence-electron chi connectivity index (χ0n) is 7.20. The molecular formula is C8H8BNO3. The van der Waals surface area contributed by atoms with Crippen LogP contribution in [0.1, 0.15) is 24.3 Å². The lowest BCUT2D eigenvalue weighted by Gasteiger charge is -2.05. The molecule has 0 atom stereocenters. The first kappa shape index (κ1) is 8.35. The average Bonchev–Trinajstić information content (AvgIpc) is 2.80. The number of hydrogen-bond donors (Lipinski definition) is 1. The molecule has 0 aliphatic heterocycles. The number of nitrogens with zero attached hydrogens (tertiary/aromatic N) is 1. The van der Waals surface area contributed by atoms with Crippen LogP contribution < -0.4 is 5.46 Å². The Balaban J connectivity index is 2.46. The highest BCUT2D eigenvalue weighted by atomic mass is 16.5. The van der Waals surface area contributed by atoms with Gasteiger partial charge in [-0.2, -0.15) is 0 Å². The normalized spacial score (nSPS) is 18.5. The average molecular weight is 177 g/mol. The van der Waals surface area contributed by atoms with Crippen LogP contribution in [-0.2, 0) is 10.2 Å². The second-order valence-corrected chi connectivity index (χ2v) is 3.40. The molecule has 1 N–H and O–H groups in total. The second-order valence-electron chi connectivity index (χ2n) is 3.40. The van der Waals surface area contributed by atoms with E-state index >= 15 is 0 Å². The molecular weight excluding hydrogens is 169 g/mol. The summed E-state index contributed by atoms with van der Waals surface area (Å²) in [4.78, 5) is 10.9. The predicted molar refractivity (Wildman–Crippen MR) is 45.2 cm³/mol. The number of aromatic nitrogens is 1. The molecule has 13 heavy (non-hydrogen) atoms. The van der Waals surface area contributed by atoms with Gasteiger partial charge in [-0.1, -0.05) is 5.16 Å². The lowest BCUT2D eigenvalue weighted by molar-refractivity contribution is -0.140. The number of rotatable bonds is 2. The molecule has 0 bridgehead atoms. The van der Waals surface area contributed by atoms with Crippen LogP contribution in [0.4, 0.5) is 0 Å². The SMILES string of the molecule is [B]c1c(C)noc1C1(C(=O)O)CC1. The van der Waals surface area contributed by atoms with Crippen molar-refractivity contribution in [3.05, 3.63) is 11.5 Å². The third-order valence-corrected chi connectivity index (χ3v) is 2.50. The largest absolute Gasteiger partial charge is 0.480 e. The van der Waals surface area contributed by atoms with Crippen molar-refractivity contribution in [2.45, 2.75) is 25.2 Å². The fraction of sp³-hybridized carbons (Fsp3) is 0.500. The lowest BCUT2D eigenvalue weighted by atomic mass is 9.87. The van der Waals surface area contributed by atoms with Crippen molar-refractivity contribution >= 4 is 19.3 Å². The van der Waals surface area contributed by atoms with E-state index < -0.39 is 11.4 Å². The zero-order valence-corrected chi connectivity index (χ0v) is 7.20. The van der Waals surface area contributed by atoms with Crippen molar-refractivity contribution in [1.82, 2.24) is 5.16 Å². The third-order valence-electron chi connectivity index (χ3n) is 2.50. The van der Waals surface area contributed by atoms with Crippen molar-refractivity contribution in [2.24, 2.45) is 0 Å². The second kappa shape index (κ2) is 2.37. The van der Waals surface area contributed by atoms with Crippen LogP contribution in [0.25, 0.3) is 0 Å². The van der Waals surface area contributed by atoms with Crippen LogP contribution in [0, 0.1) is 6.92 Å². The Morgan fingerprint density at radius 1 is 1.69 bits per heavy atom. The highest BCUT2D eigenvalue weighted by Gasteiger charge is 2.55. The molecule has 0 spiro atoms. The molecule has 4 nitrogen and oxygen atoms in total. The van der Waals surface area contributed by atoms with E-state index in [2.05, 4.69) is 5.16 Å². The van der Waals surface area contributed by atoms with Crippen molar-refractivity contribution in [1.29, 1.82) is 0 Å². The maximum atomic E-state index is 10.9. The Bertz CT molecular complexity index is 367. The highest BCUT2D eigenvalue weighted by molar-refractivity contribution is 6.34. The van der Waals surface area contributed by atoms with E-state index in [9.17, 15) is 4.79 Å². The Labute approximate surface area is 76.3 Å². The minimum Gasteiger partial charge on any atom is -0.480 e. The van der Waals surface area contributed by atoms with Gasteiger partial charge in [-0.3, -0.25) is 4.79 Å². The molecule has 66 valence electrons. The summed E-state index contributed by atoms with van der Waals surface area (Å²) in [6.45, 7) is 1.69. The van der Waals surface area contributed by atoms with Gasteiger partial charge in [0.05, 0.1) is 5.69 Å². The van der Waals surface area contributed by atoms with Gasteiger partial charge in [0.15, 0.2) is 0 Å². The molecule has 0 unspecified atom stereocenters. The molecule has 2 radical (unpaired) electrons. The number of carboxylic acids is 1. The first-order valence-electron chi connectivity index (χ1n) is 4.03. The van der Waals surface area contributed by atoms with E-state index in [4.69, 9.17) is 17.5 Å². The van der Waals surface area contributed by atoms with Crippen molar-refractivity contribution in [3.63, 3.8) is 0 Å². The van der Waals surface area contributed by atoms with Gasteiger partial charge in [-0.25, -0.2) is 0 Å². The van der Waals surface area contributed by atoms with Gasteiger partial charge >= 0.3 is 5.97 Å². The van der Waals surface area contributed by atoms with E-state index in [-0.39, 0.29) is 0 Å². The van der Waals surface area contributed by atoms with Crippen molar-refractivity contribution in [3.8, 4) is 0 Å². The Morgan fingerprint density at radius 2 is 2.31 bits per heavy atom. The van der Waals surface area contributed by atoms with Crippen LogP contribution in [0.5, 0.6) is 0 Å². The monoisotopic (exact) mass is 177 g/mol. The van der Waals surface area contributed by atoms with E-state index in [1.54, 1.807) is 6.92 Å². The van der Waals surface area contributed by atoms with Gasteiger partial charge in [-0.05, 0) is 25.2 Å². The Kier molecular flexibility index (Phi) is 1.52. The van der Waals surface area contributed by atoms with Gasteiger partial charge in [0, 0.05) is 0 Å². The van der Waals surface area contributed by atoms with Crippen molar-refractivity contribution < 1.29 is 14.4 Å². The van der Waals surface area contributed by atoms with Crippen LogP contribution in [-0.4, -0.2) is 24.1 Å². The molecule has 1 aliphatic rings. The first-order valence-corrected chi connectivity index (χ1v) is 4.03. The lowest BCUT2D eigenvalue weighted by Crippen LogP contribution is -2.25. The summed E-state index contributed by atoms with van der Waals surface area (Å²) in [5, 5.41) is 12.6. The van der Waals surface area contributed by atoms with E-state index in [0.717, 1.165) is 0 Å². The smallest absolute Gasteiger partial charge is 0.317 e. The molecule has 0 aromatic carbocycles. The number of carbonyl (C=O) groups is 1. The fourth-order valence-electron chi connectivity index (χ4n) is 1.38. The van der Waals surface area contributed by atoms with Crippen LogP contribution in [0.15, 0.2) is 4.52 Å². The molecule has 0 saturated heterocycles. The maximum absolute atomic E-state index is 10.9. The summed E-state index contributed by atoms with van der Waals surface area (Å²) in [5.41, 5.74) is 0.0492. The summed E-state index contributed by atoms with van der Waals surface area (Å²) in [7, 11) is 5.65. The standard InChI is InChI=1S/C8H8BNO3/c1-4-5(9)6(13-10-4)8(2-3-8)7(11)12/h2-3H2,1H3,(H,11,12). The van der Waals surface area contributed by atoms with E-state index in [1.165, 1.54) is 0 Å². The first-order chi connectivity index (χ1) is 6.08. The van der Waals surface area contributed by atoms with E-state index in [1.807, 2.05) is 0 Å². The summed E-state index contributed by atoms with van der Waals surface area (Å²) >= 11 is 0. The third kappa shape index (κ3) is 0.994. The van der Waals surface area contributed by atoms with Crippen LogP contribution >= 0.6 is 0 Å². The summed E-state index contributed by atoms with van der Waals surface area (Å²) in [5.74, 6) is -0.562. The molecule has 5 heteroatoms. The van der Waals surface area contributed by atoms with Gasteiger partial charge in [0.2, 0.25) is 0 Å². The van der Waals surface area contributed by atoms with Gasteiger partial charge in [-0.15, -0.1) is 0 Å². The minimum atomic E-state index is -0.884. The Hall–Kier alpha value is -1.26. The Morgan fingerprint density at radius 3 is 2.62 bits per heavy atom. The molecule has 1 heterocycles. The number of carboxylic acid groups (broad SMARTS) is 1. The quantitative estimate of drug-likeness (QED) is 0.640. The van der Waals surface area contributed by atoms with E-state index in [0.29, 0.717) is 29.8 Å². The number of aliphatic carboxylic acids is 1. The van der Waals surface area contributed by atoms with Crippen molar-refractivity contribution in [2.75, 3.05) is 0 Å². The molecule has 0 amide bonds. The summed E-state index contributed by atoms with van der Waals surface area (Å²) in [6.07, 6.45) is 1.17. The molecule has 1 fully saturated rings. The summed E-state index contributed by atoms with van der Waals surface area (Å²) < 4.78 is 4.93. The topological polar surface area (TPSA) is 63.3 Å². The molecule has 1 aliphatic carbocycles. The number of hydrogen-bond acceptors (Lipinski definition) is 3. The molecule has 2 rings (SSSR count). The number of aryl methyl sites for hydroxylation is 1. The highest BCUT2D eigenvalue weighted by Crippen LogP contribution is 2.47. The molecule has 1 saturated carbocycles. The fourth-order valence-corrected chi connectivity index (χ4v) is 1.38. The maximum Gasteiger partial charge on any atom is 0.317 e.